The zero-order valence-electron chi connectivity index (χ0n) is 17.4. The van der Waals surface area contributed by atoms with Gasteiger partial charge in [-0.3, -0.25) is 4.79 Å². The highest BCUT2D eigenvalue weighted by molar-refractivity contribution is 6.30. The number of rotatable bonds is 6. The maximum Gasteiger partial charge on any atom is 0.223 e. The van der Waals surface area contributed by atoms with Gasteiger partial charge in [-0.25, -0.2) is 0 Å². The molecule has 6 nitrogen and oxygen atoms in total. The summed E-state index contributed by atoms with van der Waals surface area (Å²) in [5.74, 6) is 1.76. The summed E-state index contributed by atoms with van der Waals surface area (Å²) in [5, 5.41) is 12.5. The van der Waals surface area contributed by atoms with Crippen molar-refractivity contribution in [2.45, 2.75) is 19.4 Å². The molecule has 1 fully saturated rings. The zero-order valence-corrected chi connectivity index (χ0v) is 18.2. The van der Waals surface area contributed by atoms with Crippen LogP contribution in [0.5, 0.6) is 5.75 Å². The number of carbonyl (C=O) groups excluding carboxylic acids is 1. The van der Waals surface area contributed by atoms with Crippen molar-refractivity contribution in [1.82, 2.24) is 15.5 Å². The quantitative estimate of drug-likeness (QED) is 0.622. The number of ether oxygens (including phenoxy) is 1. The first-order valence-corrected chi connectivity index (χ1v) is 10.8. The van der Waals surface area contributed by atoms with Gasteiger partial charge < -0.3 is 15.0 Å². The molecule has 0 unspecified atom stereocenters. The van der Waals surface area contributed by atoms with Gasteiger partial charge in [-0.1, -0.05) is 35.9 Å². The lowest BCUT2D eigenvalue weighted by Crippen LogP contribution is -2.40. The zero-order chi connectivity index (χ0) is 21.6. The fraction of sp³-hybridized carbons (Fsp3) is 0.292. The highest BCUT2D eigenvalue weighted by Crippen LogP contribution is 2.24. The molecule has 0 radical (unpaired) electrons. The highest BCUT2D eigenvalue weighted by Gasteiger charge is 2.25. The maximum atomic E-state index is 12.6. The Morgan fingerprint density at radius 2 is 1.87 bits per heavy atom. The Morgan fingerprint density at radius 3 is 2.55 bits per heavy atom. The third-order valence-corrected chi connectivity index (χ3v) is 5.83. The molecule has 3 aromatic rings. The lowest BCUT2D eigenvalue weighted by molar-refractivity contribution is -0.125. The van der Waals surface area contributed by atoms with E-state index in [1.54, 1.807) is 7.11 Å². The van der Waals surface area contributed by atoms with E-state index in [0.717, 1.165) is 54.3 Å². The minimum atomic E-state index is 0.0168. The van der Waals surface area contributed by atoms with E-state index in [4.69, 9.17) is 16.3 Å². The van der Waals surface area contributed by atoms with Crippen LogP contribution >= 0.6 is 11.6 Å². The van der Waals surface area contributed by atoms with E-state index in [2.05, 4.69) is 20.4 Å². The molecule has 0 spiro atoms. The molecule has 2 aromatic carbocycles. The molecule has 0 aliphatic carbocycles. The van der Waals surface area contributed by atoms with Crippen molar-refractivity contribution in [2.75, 3.05) is 25.1 Å². The molecule has 1 aromatic heterocycles. The number of benzene rings is 2. The van der Waals surface area contributed by atoms with Crippen molar-refractivity contribution in [3.05, 3.63) is 71.2 Å². The van der Waals surface area contributed by atoms with Gasteiger partial charge in [0.25, 0.3) is 0 Å². The van der Waals surface area contributed by atoms with Crippen LogP contribution in [0.25, 0.3) is 11.3 Å². The molecule has 1 aliphatic rings. The van der Waals surface area contributed by atoms with Crippen molar-refractivity contribution in [1.29, 1.82) is 0 Å². The van der Waals surface area contributed by atoms with Crippen LogP contribution in [0.3, 0.4) is 0 Å². The topological polar surface area (TPSA) is 67.3 Å². The molecular formula is C24H25ClN4O2. The van der Waals surface area contributed by atoms with Crippen molar-refractivity contribution in [3.63, 3.8) is 0 Å². The monoisotopic (exact) mass is 436 g/mol. The second-order valence-corrected chi connectivity index (χ2v) is 8.05. The van der Waals surface area contributed by atoms with E-state index >= 15 is 0 Å². The van der Waals surface area contributed by atoms with Crippen LogP contribution < -0.4 is 15.0 Å². The van der Waals surface area contributed by atoms with Crippen molar-refractivity contribution in [2.24, 2.45) is 5.92 Å². The van der Waals surface area contributed by atoms with Gasteiger partial charge in [-0.2, -0.15) is 0 Å². The third kappa shape index (κ3) is 5.33. The SMILES string of the molecule is COc1cccc(CNC(=O)C2CCN(c3ccc(-c4ccc(Cl)cc4)nn3)CC2)c1. The minimum absolute atomic E-state index is 0.0168. The van der Waals surface area contributed by atoms with Crippen molar-refractivity contribution < 1.29 is 9.53 Å². The second-order valence-electron chi connectivity index (χ2n) is 7.61. The summed E-state index contributed by atoms with van der Waals surface area (Å²) in [4.78, 5) is 14.8. The molecule has 1 aliphatic heterocycles. The molecule has 160 valence electrons. The van der Waals surface area contributed by atoms with Gasteiger partial charge >= 0.3 is 0 Å². The predicted molar refractivity (Wildman–Crippen MR) is 122 cm³/mol. The number of piperidine rings is 1. The van der Waals surface area contributed by atoms with Crippen LogP contribution in [0.15, 0.2) is 60.7 Å². The second kappa shape index (κ2) is 9.79. The van der Waals surface area contributed by atoms with E-state index in [9.17, 15) is 4.79 Å². The smallest absolute Gasteiger partial charge is 0.223 e. The van der Waals surface area contributed by atoms with Crippen LogP contribution in [-0.4, -0.2) is 36.3 Å². The van der Waals surface area contributed by atoms with Gasteiger partial charge in [-0.15, -0.1) is 10.2 Å². The Balaban J connectivity index is 1.28. The number of aromatic nitrogens is 2. The third-order valence-electron chi connectivity index (χ3n) is 5.58. The average Bonchev–Trinajstić information content (AvgIpc) is 2.83. The number of halogens is 1. The Morgan fingerprint density at radius 1 is 1.10 bits per heavy atom. The number of methoxy groups -OCH3 is 1. The van der Waals surface area contributed by atoms with Crippen molar-refractivity contribution >= 4 is 23.3 Å². The largest absolute Gasteiger partial charge is 0.497 e. The maximum absolute atomic E-state index is 12.6. The van der Waals surface area contributed by atoms with Gasteiger partial charge in [0, 0.05) is 36.1 Å². The highest BCUT2D eigenvalue weighted by atomic mass is 35.5. The predicted octanol–water partition coefficient (Wildman–Crippen LogP) is 4.34. The van der Waals surface area contributed by atoms with Crippen LogP contribution in [0.1, 0.15) is 18.4 Å². The van der Waals surface area contributed by atoms with Crippen molar-refractivity contribution in [3.8, 4) is 17.0 Å². The number of hydrogen-bond donors (Lipinski definition) is 1. The summed E-state index contributed by atoms with van der Waals surface area (Å²) in [6.45, 7) is 2.08. The Hall–Kier alpha value is -3.12. The van der Waals surface area contributed by atoms with E-state index in [0.29, 0.717) is 11.6 Å². The van der Waals surface area contributed by atoms with Gasteiger partial charge in [0.2, 0.25) is 5.91 Å². The van der Waals surface area contributed by atoms with Crippen LogP contribution in [-0.2, 0) is 11.3 Å². The fourth-order valence-corrected chi connectivity index (χ4v) is 3.88. The number of carbonyl (C=O) groups is 1. The van der Waals surface area contributed by atoms with E-state index in [1.165, 1.54) is 0 Å². The molecule has 1 N–H and O–H groups in total. The van der Waals surface area contributed by atoms with Gasteiger partial charge in [0.1, 0.15) is 5.75 Å². The van der Waals surface area contributed by atoms with E-state index < -0.39 is 0 Å². The number of hydrogen-bond acceptors (Lipinski definition) is 5. The molecule has 1 saturated heterocycles. The summed E-state index contributed by atoms with van der Waals surface area (Å²) in [5.41, 5.74) is 2.82. The van der Waals surface area contributed by atoms with E-state index in [-0.39, 0.29) is 11.8 Å². The molecule has 0 saturated carbocycles. The van der Waals surface area contributed by atoms with E-state index in [1.807, 2.05) is 60.7 Å². The fourth-order valence-electron chi connectivity index (χ4n) is 3.76. The molecule has 7 heteroatoms. The Labute approximate surface area is 187 Å². The van der Waals surface area contributed by atoms with Crippen LogP contribution in [0, 0.1) is 5.92 Å². The first-order valence-electron chi connectivity index (χ1n) is 10.4. The lowest BCUT2D eigenvalue weighted by atomic mass is 9.96. The van der Waals surface area contributed by atoms with Gasteiger partial charge in [-0.05, 0) is 54.8 Å². The summed E-state index contributed by atoms with van der Waals surface area (Å²) >= 11 is 5.95. The normalized spacial score (nSPS) is 14.3. The number of amides is 1. The first-order chi connectivity index (χ1) is 15.1. The molecule has 4 rings (SSSR count). The number of anilines is 1. The summed E-state index contributed by atoms with van der Waals surface area (Å²) < 4.78 is 5.23. The Bertz CT molecular complexity index is 1020. The van der Waals surface area contributed by atoms with Crippen LogP contribution in [0.4, 0.5) is 5.82 Å². The van der Waals surface area contributed by atoms with Gasteiger partial charge in [0.05, 0.1) is 12.8 Å². The first kappa shape index (κ1) is 21.1. The van der Waals surface area contributed by atoms with Gasteiger partial charge in [0.15, 0.2) is 5.82 Å². The molecule has 1 amide bonds. The standard InChI is InChI=1S/C24H25ClN4O2/c1-31-21-4-2-3-17(15-21)16-26-24(30)19-11-13-29(14-12-19)23-10-9-22(27-28-23)18-5-7-20(25)8-6-18/h2-10,15,19H,11-14,16H2,1H3,(H,26,30). The lowest BCUT2D eigenvalue weighted by Gasteiger charge is -2.31. The number of nitrogens with one attached hydrogen (secondary N) is 1. The number of nitrogens with zero attached hydrogens (tertiary/aromatic N) is 3. The summed E-state index contributed by atoms with van der Waals surface area (Å²) in [6, 6.07) is 19.3. The molecule has 0 atom stereocenters. The average molecular weight is 437 g/mol. The minimum Gasteiger partial charge on any atom is -0.497 e. The molecule has 0 bridgehead atoms. The molecule has 31 heavy (non-hydrogen) atoms. The Kier molecular flexibility index (Phi) is 6.67. The molecule has 2 heterocycles. The van der Waals surface area contributed by atoms with Crippen LogP contribution in [0.2, 0.25) is 5.02 Å². The summed E-state index contributed by atoms with van der Waals surface area (Å²) in [7, 11) is 1.64. The molecular weight excluding hydrogens is 412 g/mol. The summed E-state index contributed by atoms with van der Waals surface area (Å²) in [6.07, 6.45) is 1.59.